The van der Waals surface area contributed by atoms with Crippen LogP contribution in [0, 0.1) is 31.4 Å². The van der Waals surface area contributed by atoms with Crippen LogP contribution in [-0.4, -0.2) is 57.6 Å². The molecular formula is C25H34F2N4O2. The van der Waals surface area contributed by atoms with E-state index < -0.39 is 11.6 Å². The van der Waals surface area contributed by atoms with Crippen LogP contribution in [0.25, 0.3) is 0 Å². The van der Waals surface area contributed by atoms with Crippen LogP contribution in [0.4, 0.5) is 8.78 Å². The average molecular weight is 461 g/mol. The van der Waals surface area contributed by atoms with Crippen LogP contribution in [0.2, 0.25) is 0 Å². The zero-order valence-corrected chi connectivity index (χ0v) is 20.0. The van der Waals surface area contributed by atoms with Crippen molar-refractivity contribution in [1.29, 1.82) is 0 Å². The lowest BCUT2D eigenvalue weighted by molar-refractivity contribution is -0.136. The van der Waals surface area contributed by atoms with Crippen molar-refractivity contribution in [2.75, 3.05) is 20.1 Å². The van der Waals surface area contributed by atoms with Crippen LogP contribution >= 0.6 is 0 Å². The Morgan fingerprint density at radius 1 is 1.18 bits per heavy atom. The standard InChI is InChI=1S/C25H34F2N4O2/c1-5-24(32)29(4)23(15-20-6-7-21(26)16-22(20)27)19-8-11-30(12-9-19)25(33)10-13-31-18(3)14-17(2)28-31/h6-7,14,16,19,23H,5,8-13,15H2,1-4H3. The fourth-order valence-corrected chi connectivity index (χ4v) is 4.76. The lowest BCUT2D eigenvalue weighted by Gasteiger charge is -2.40. The van der Waals surface area contributed by atoms with E-state index in [4.69, 9.17) is 0 Å². The maximum atomic E-state index is 14.3. The first-order valence-electron chi connectivity index (χ1n) is 11.7. The molecule has 1 unspecified atom stereocenters. The molecular weight excluding hydrogens is 426 g/mol. The van der Waals surface area contributed by atoms with Gasteiger partial charge in [-0.15, -0.1) is 0 Å². The van der Waals surface area contributed by atoms with E-state index in [1.165, 1.54) is 12.1 Å². The Bertz CT molecular complexity index is 983. The van der Waals surface area contributed by atoms with Crippen molar-refractivity contribution in [3.63, 3.8) is 0 Å². The highest BCUT2D eigenvalue weighted by Gasteiger charge is 2.32. The third-order valence-corrected chi connectivity index (χ3v) is 6.71. The van der Waals surface area contributed by atoms with E-state index in [0.29, 0.717) is 44.5 Å². The second-order valence-electron chi connectivity index (χ2n) is 8.98. The molecule has 1 aliphatic rings. The number of carbonyl (C=O) groups is 2. The maximum absolute atomic E-state index is 14.3. The first-order chi connectivity index (χ1) is 15.7. The van der Waals surface area contributed by atoms with E-state index in [2.05, 4.69) is 5.10 Å². The van der Waals surface area contributed by atoms with Gasteiger partial charge in [-0.2, -0.15) is 5.10 Å². The van der Waals surface area contributed by atoms with Crippen LogP contribution in [0.3, 0.4) is 0 Å². The van der Waals surface area contributed by atoms with E-state index >= 15 is 0 Å². The van der Waals surface area contributed by atoms with Crippen molar-refractivity contribution in [2.24, 2.45) is 5.92 Å². The molecule has 1 atom stereocenters. The molecule has 0 aliphatic carbocycles. The van der Waals surface area contributed by atoms with E-state index in [0.717, 1.165) is 30.3 Å². The van der Waals surface area contributed by atoms with Gasteiger partial charge in [0.15, 0.2) is 0 Å². The van der Waals surface area contributed by atoms with Crippen molar-refractivity contribution < 1.29 is 18.4 Å². The molecule has 1 aliphatic heterocycles. The maximum Gasteiger partial charge on any atom is 0.224 e. The van der Waals surface area contributed by atoms with Crippen LogP contribution in [0.15, 0.2) is 24.3 Å². The Labute approximate surface area is 194 Å². The summed E-state index contributed by atoms with van der Waals surface area (Å²) in [5, 5.41) is 4.41. The lowest BCUT2D eigenvalue weighted by Crippen LogP contribution is -2.48. The van der Waals surface area contributed by atoms with Gasteiger partial charge in [-0.1, -0.05) is 13.0 Å². The van der Waals surface area contributed by atoms with Crippen molar-refractivity contribution in [1.82, 2.24) is 19.6 Å². The van der Waals surface area contributed by atoms with Gasteiger partial charge in [-0.25, -0.2) is 8.78 Å². The Kier molecular flexibility index (Phi) is 8.21. The van der Waals surface area contributed by atoms with Crippen molar-refractivity contribution in [2.45, 2.75) is 65.5 Å². The van der Waals surface area contributed by atoms with E-state index in [1.807, 2.05) is 29.5 Å². The summed E-state index contributed by atoms with van der Waals surface area (Å²) in [5.74, 6) is -0.978. The summed E-state index contributed by atoms with van der Waals surface area (Å²) in [5.41, 5.74) is 2.38. The van der Waals surface area contributed by atoms with Gasteiger partial charge in [0.1, 0.15) is 11.6 Å². The zero-order valence-electron chi connectivity index (χ0n) is 20.0. The third-order valence-electron chi connectivity index (χ3n) is 6.71. The van der Waals surface area contributed by atoms with Gasteiger partial charge in [0.05, 0.1) is 5.69 Å². The molecule has 0 saturated carbocycles. The molecule has 1 fully saturated rings. The minimum Gasteiger partial charge on any atom is -0.343 e. The number of likely N-dealkylation sites (tertiary alicyclic amines) is 1. The number of likely N-dealkylation sites (N-methyl/N-ethyl adjacent to an activating group) is 1. The van der Waals surface area contributed by atoms with Crippen molar-refractivity contribution in [3.8, 4) is 0 Å². The minimum absolute atomic E-state index is 0.00842. The summed E-state index contributed by atoms with van der Waals surface area (Å²) in [6, 6.07) is 5.39. The number of aryl methyl sites for hydroxylation is 3. The summed E-state index contributed by atoms with van der Waals surface area (Å²) < 4.78 is 29.5. The van der Waals surface area contributed by atoms with Crippen LogP contribution in [-0.2, 0) is 22.6 Å². The number of benzene rings is 1. The average Bonchev–Trinajstić information content (AvgIpc) is 3.12. The largest absolute Gasteiger partial charge is 0.343 e. The normalized spacial score (nSPS) is 15.5. The molecule has 2 heterocycles. The molecule has 6 nitrogen and oxygen atoms in total. The summed E-state index contributed by atoms with van der Waals surface area (Å²) in [6.07, 6.45) is 2.55. The molecule has 1 aromatic heterocycles. The number of rotatable bonds is 8. The number of halogens is 2. The van der Waals surface area contributed by atoms with Crippen molar-refractivity contribution >= 4 is 11.8 Å². The lowest BCUT2D eigenvalue weighted by atomic mass is 9.84. The third kappa shape index (κ3) is 6.18. The molecule has 1 aromatic carbocycles. The van der Waals surface area contributed by atoms with Gasteiger partial charge in [0.25, 0.3) is 0 Å². The molecule has 2 aromatic rings. The fraction of sp³-hybridized carbons (Fsp3) is 0.560. The number of hydrogen-bond donors (Lipinski definition) is 0. The number of nitrogens with zero attached hydrogens (tertiary/aromatic N) is 4. The fourth-order valence-electron chi connectivity index (χ4n) is 4.76. The highest BCUT2D eigenvalue weighted by Crippen LogP contribution is 2.28. The van der Waals surface area contributed by atoms with Crippen LogP contribution in [0.1, 0.15) is 49.6 Å². The molecule has 2 amide bonds. The number of amides is 2. The highest BCUT2D eigenvalue weighted by atomic mass is 19.1. The first kappa shape index (κ1) is 24.9. The predicted octanol–water partition coefficient (Wildman–Crippen LogP) is 3.89. The SMILES string of the molecule is CCC(=O)N(C)C(Cc1ccc(F)cc1F)C1CCN(C(=O)CCn2nc(C)cc2C)CC1. The topological polar surface area (TPSA) is 58.4 Å². The summed E-state index contributed by atoms with van der Waals surface area (Å²) >= 11 is 0. The molecule has 33 heavy (non-hydrogen) atoms. The number of hydrogen-bond acceptors (Lipinski definition) is 3. The molecule has 0 N–H and O–H groups in total. The summed E-state index contributed by atoms with van der Waals surface area (Å²) in [7, 11) is 1.75. The number of aromatic nitrogens is 2. The van der Waals surface area contributed by atoms with Crippen molar-refractivity contribution in [3.05, 3.63) is 52.9 Å². The van der Waals surface area contributed by atoms with Gasteiger partial charge in [-0.05, 0) is 56.7 Å². The first-order valence-corrected chi connectivity index (χ1v) is 11.7. The minimum atomic E-state index is -0.613. The molecule has 8 heteroatoms. The second-order valence-corrected chi connectivity index (χ2v) is 8.98. The number of carbonyl (C=O) groups excluding carboxylic acids is 2. The van der Waals surface area contributed by atoms with Gasteiger partial charge >= 0.3 is 0 Å². The van der Waals surface area contributed by atoms with Gasteiger partial charge < -0.3 is 9.80 Å². The summed E-state index contributed by atoms with van der Waals surface area (Å²) in [4.78, 5) is 28.8. The Hall–Kier alpha value is -2.77. The van der Waals surface area contributed by atoms with E-state index in [-0.39, 0.29) is 23.8 Å². The van der Waals surface area contributed by atoms with E-state index in [9.17, 15) is 18.4 Å². The Balaban J connectivity index is 1.63. The second kappa shape index (κ2) is 10.9. The van der Waals surface area contributed by atoms with Gasteiger partial charge in [0.2, 0.25) is 11.8 Å². The number of piperidine rings is 1. The molecule has 0 bridgehead atoms. The molecule has 0 radical (unpaired) electrons. The predicted molar refractivity (Wildman–Crippen MR) is 123 cm³/mol. The van der Waals surface area contributed by atoms with Gasteiger partial charge in [0, 0.05) is 57.3 Å². The monoisotopic (exact) mass is 460 g/mol. The van der Waals surface area contributed by atoms with Crippen LogP contribution < -0.4 is 0 Å². The Morgan fingerprint density at radius 2 is 1.88 bits per heavy atom. The quantitative estimate of drug-likeness (QED) is 0.601. The Morgan fingerprint density at radius 3 is 2.45 bits per heavy atom. The molecule has 0 spiro atoms. The molecule has 3 rings (SSSR count). The molecule has 1 saturated heterocycles. The summed E-state index contributed by atoms with van der Waals surface area (Å²) in [6.45, 7) is 7.49. The van der Waals surface area contributed by atoms with E-state index in [1.54, 1.807) is 18.9 Å². The van der Waals surface area contributed by atoms with Gasteiger partial charge in [-0.3, -0.25) is 14.3 Å². The molecule has 180 valence electrons. The highest BCUT2D eigenvalue weighted by molar-refractivity contribution is 5.76. The zero-order chi connectivity index (χ0) is 24.1. The van der Waals surface area contributed by atoms with Crippen LogP contribution in [0.5, 0.6) is 0 Å². The smallest absolute Gasteiger partial charge is 0.224 e.